The third-order valence-electron chi connectivity index (χ3n) is 4.61. The highest BCUT2D eigenvalue weighted by molar-refractivity contribution is 8.05. The molecule has 4 rings (SSSR count). The van der Waals surface area contributed by atoms with Gasteiger partial charge in [0, 0.05) is 23.8 Å². The van der Waals surface area contributed by atoms with Gasteiger partial charge in [0.2, 0.25) is 0 Å². The molecule has 1 aliphatic heterocycles. The monoisotopic (exact) mass is 437 g/mol. The predicted octanol–water partition coefficient (Wildman–Crippen LogP) is 4.77. The molecule has 2 N–H and O–H groups in total. The van der Waals surface area contributed by atoms with Crippen molar-refractivity contribution >= 4 is 35.1 Å². The van der Waals surface area contributed by atoms with Crippen LogP contribution in [-0.2, 0) is 4.79 Å². The molecule has 1 atom stereocenters. The fourth-order valence-corrected chi connectivity index (χ4v) is 4.08. The lowest BCUT2D eigenvalue weighted by Crippen LogP contribution is -2.31. The van der Waals surface area contributed by atoms with Crippen molar-refractivity contribution in [3.05, 3.63) is 80.9 Å². The summed E-state index contributed by atoms with van der Waals surface area (Å²) < 4.78 is 11.2. The number of rotatable bonds is 6. The Balaban J connectivity index is 1.50. The molecule has 3 aromatic rings. The molecule has 9 heteroatoms. The number of nitrogens with one attached hydrogen (secondary N) is 2. The molecule has 158 valence electrons. The van der Waals surface area contributed by atoms with Crippen LogP contribution in [-0.4, -0.2) is 23.4 Å². The zero-order chi connectivity index (χ0) is 22.0. The number of aryl methyl sites for hydroxylation is 1. The minimum atomic E-state index is -0.453. The van der Waals surface area contributed by atoms with Crippen LogP contribution in [0.2, 0.25) is 0 Å². The number of benzene rings is 2. The number of hydrogen-bond donors (Lipinski definition) is 2. The quantitative estimate of drug-likeness (QED) is 0.325. The molecule has 1 aromatic heterocycles. The number of nitro benzene ring substituents is 1. The van der Waals surface area contributed by atoms with Gasteiger partial charge in [-0.25, -0.2) is 0 Å². The first-order valence-corrected chi connectivity index (χ1v) is 10.3. The molecule has 0 saturated carbocycles. The summed E-state index contributed by atoms with van der Waals surface area (Å²) in [6.45, 7) is 1.98. The number of nitro groups is 1. The lowest BCUT2D eigenvalue weighted by Gasteiger charge is -2.16. The number of non-ortho nitro benzene ring substituents is 1. The third kappa shape index (κ3) is 4.56. The van der Waals surface area contributed by atoms with Crippen molar-refractivity contribution in [2.75, 3.05) is 12.4 Å². The number of hydrogen-bond acceptors (Lipinski definition) is 7. The number of thioether (sulfide) groups is 1. The highest BCUT2D eigenvalue weighted by atomic mass is 32.2. The van der Waals surface area contributed by atoms with E-state index < -0.39 is 4.92 Å². The van der Waals surface area contributed by atoms with E-state index in [0.29, 0.717) is 27.7 Å². The first-order valence-electron chi connectivity index (χ1n) is 9.38. The molecule has 8 nitrogen and oxygen atoms in total. The minimum Gasteiger partial charge on any atom is -0.495 e. The number of furan rings is 1. The maximum Gasteiger partial charge on any atom is 0.270 e. The van der Waals surface area contributed by atoms with Gasteiger partial charge in [-0.1, -0.05) is 30.0 Å². The summed E-state index contributed by atoms with van der Waals surface area (Å²) in [5, 5.41) is 17.1. The maximum atomic E-state index is 12.4. The zero-order valence-corrected chi connectivity index (χ0v) is 17.6. The molecule has 2 aromatic carbocycles. The normalized spacial score (nSPS) is 16.9. The number of methoxy groups -OCH3 is 1. The third-order valence-corrected chi connectivity index (χ3v) is 5.64. The molecule has 1 fully saturated rings. The van der Waals surface area contributed by atoms with E-state index in [4.69, 9.17) is 9.15 Å². The molecule has 0 radical (unpaired) electrons. The predicted molar refractivity (Wildman–Crippen MR) is 120 cm³/mol. The van der Waals surface area contributed by atoms with Gasteiger partial charge in [0.05, 0.1) is 22.6 Å². The van der Waals surface area contributed by atoms with Crippen molar-refractivity contribution in [2.24, 2.45) is 0 Å². The zero-order valence-electron chi connectivity index (χ0n) is 16.7. The summed E-state index contributed by atoms with van der Waals surface area (Å²) in [6, 6.07) is 15.4. The summed E-state index contributed by atoms with van der Waals surface area (Å²) in [6.07, 6.45) is 1.65. The Morgan fingerprint density at radius 3 is 2.84 bits per heavy atom. The van der Waals surface area contributed by atoms with Gasteiger partial charge in [-0.05, 0) is 36.8 Å². The molecule has 2 heterocycles. The highest BCUT2D eigenvalue weighted by Crippen LogP contribution is 2.34. The lowest BCUT2D eigenvalue weighted by molar-refractivity contribution is -0.384. The Morgan fingerprint density at radius 1 is 1.23 bits per heavy atom. The molecule has 31 heavy (non-hydrogen) atoms. The molecule has 1 unspecified atom stereocenters. The van der Waals surface area contributed by atoms with E-state index in [2.05, 4.69) is 10.6 Å². The second kappa shape index (κ2) is 8.57. The lowest BCUT2D eigenvalue weighted by atomic mass is 10.1. The number of ether oxygens (including phenoxy) is 1. The highest BCUT2D eigenvalue weighted by Gasteiger charge is 2.28. The number of anilines is 1. The smallest absolute Gasteiger partial charge is 0.270 e. The summed E-state index contributed by atoms with van der Waals surface area (Å²) in [5.74, 6) is 1.43. The van der Waals surface area contributed by atoms with E-state index in [1.807, 2.05) is 25.1 Å². The van der Waals surface area contributed by atoms with E-state index in [0.717, 1.165) is 11.3 Å². The van der Waals surface area contributed by atoms with Crippen LogP contribution in [0.5, 0.6) is 5.75 Å². The van der Waals surface area contributed by atoms with Gasteiger partial charge in [-0.2, -0.15) is 0 Å². The van der Waals surface area contributed by atoms with Gasteiger partial charge in [0.25, 0.3) is 11.6 Å². The first kappa shape index (κ1) is 20.5. The Hall–Kier alpha value is -3.72. The Kier molecular flexibility index (Phi) is 5.68. The number of carbonyl (C=O) groups is 1. The molecular formula is C22H19N3O5S. The van der Waals surface area contributed by atoms with Crippen molar-refractivity contribution in [1.82, 2.24) is 5.32 Å². The van der Waals surface area contributed by atoms with Crippen LogP contribution >= 0.6 is 11.8 Å². The topological polar surface area (TPSA) is 107 Å². The van der Waals surface area contributed by atoms with Crippen LogP contribution in [0, 0.1) is 17.0 Å². The van der Waals surface area contributed by atoms with Crippen molar-refractivity contribution in [3.8, 4) is 17.1 Å². The molecule has 1 aliphatic rings. The molecule has 0 bridgehead atoms. The van der Waals surface area contributed by atoms with Crippen LogP contribution in [0.15, 0.2) is 63.9 Å². The van der Waals surface area contributed by atoms with Crippen LogP contribution in [0.1, 0.15) is 11.3 Å². The van der Waals surface area contributed by atoms with Crippen molar-refractivity contribution in [3.63, 3.8) is 0 Å². The second-order valence-corrected chi connectivity index (χ2v) is 7.98. The fourth-order valence-electron chi connectivity index (χ4n) is 3.13. The maximum absolute atomic E-state index is 12.4. The SMILES string of the molecule is COc1ccc(C)cc1NC1NC(=O)/C(=C/c2ccc(-c3cccc([N+](=O)[O-])c3)o2)S1. The van der Waals surface area contributed by atoms with E-state index in [1.54, 1.807) is 37.5 Å². The average Bonchev–Trinajstić information content (AvgIpc) is 3.35. The van der Waals surface area contributed by atoms with Crippen LogP contribution in [0.3, 0.4) is 0 Å². The van der Waals surface area contributed by atoms with E-state index >= 15 is 0 Å². The van der Waals surface area contributed by atoms with Gasteiger partial charge < -0.3 is 19.8 Å². The van der Waals surface area contributed by atoms with Crippen molar-refractivity contribution in [1.29, 1.82) is 0 Å². The molecular weight excluding hydrogens is 418 g/mol. The van der Waals surface area contributed by atoms with Crippen LogP contribution in [0.4, 0.5) is 11.4 Å². The minimum absolute atomic E-state index is 0.0139. The van der Waals surface area contributed by atoms with E-state index in [-0.39, 0.29) is 17.1 Å². The first-order chi connectivity index (χ1) is 14.9. The fraction of sp³-hybridized carbons (Fsp3) is 0.136. The summed E-state index contributed by atoms with van der Waals surface area (Å²) >= 11 is 1.33. The van der Waals surface area contributed by atoms with Gasteiger partial charge in [0.1, 0.15) is 17.3 Å². The summed E-state index contributed by atoms with van der Waals surface area (Å²) in [4.78, 5) is 23.4. The van der Waals surface area contributed by atoms with Crippen LogP contribution < -0.4 is 15.4 Å². The Morgan fingerprint density at radius 2 is 2.06 bits per heavy atom. The van der Waals surface area contributed by atoms with E-state index in [9.17, 15) is 14.9 Å². The summed E-state index contributed by atoms with van der Waals surface area (Å²) in [5.41, 5.74) is 2.07. The van der Waals surface area contributed by atoms with Gasteiger partial charge >= 0.3 is 0 Å². The van der Waals surface area contributed by atoms with Gasteiger partial charge in [-0.3, -0.25) is 14.9 Å². The van der Waals surface area contributed by atoms with Crippen molar-refractivity contribution in [2.45, 2.75) is 12.4 Å². The van der Waals surface area contributed by atoms with Gasteiger partial charge in [-0.15, -0.1) is 0 Å². The van der Waals surface area contributed by atoms with Crippen LogP contribution in [0.25, 0.3) is 17.4 Å². The summed E-state index contributed by atoms with van der Waals surface area (Å²) in [7, 11) is 1.59. The number of nitrogens with zero attached hydrogens (tertiary/aromatic N) is 1. The van der Waals surface area contributed by atoms with Gasteiger partial charge in [0.15, 0.2) is 5.50 Å². The van der Waals surface area contributed by atoms with E-state index in [1.165, 1.54) is 23.9 Å². The molecule has 1 saturated heterocycles. The average molecular weight is 437 g/mol. The second-order valence-electron chi connectivity index (χ2n) is 6.84. The van der Waals surface area contributed by atoms with Crippen molar-refractivity contribution < 1.29 is 18.9 Å². The molecule has 0 aliphatic carbocycles. The molecule has 1 amide bonds. The number of amides is 1. The molecule has 0 spiro atoms. The standard InChI is InChI=1S/C22H19N3O5S/c1-13-6-8-19(29-2)17(10-13)23-22-24-21(26)20(31-22)12-16-7-9-18(30-16)14-4-3-5-15(11-14)25(27)28/h3-12,22-23H,1-2H3,(H,24,26)/b20-12-. The number of carbonyl (C=O) groups excluding carboxylic acids is 1. The Labute approximate surface area is 182 Å². The largest absolute Gasteiger partial charge is 0.495 e. The Bertz CT molecular complexity index is 1190.